The molecule has 0 unspecified atom stereocenters. The van der Waals surface area contributed by atoms with Crippen molar-refractivity contribution in [2.45, 2.75) is 0 Å². The predicted molar refractivity (Wildman–Crippen MR) is 81.3 cm³/mol. The number of nitrogens with zero attached hydrogens (tertiary/aromatic N) is 2. The van der Waals surface area contributed by atoms with Gasteiger partial charge in [-0.2, -0.15) is 0 Å². The summed E-state index contributed by atoms with van der Waals surface area (Å²) in [6, 6.07) is 4.75. The van der Waals surface area contributed by atoms with Crippen LogP contribution in [0.1, 0.15) is 10.4 Å². The molecule has 1 heterocycles. The van der Waals surface area contributed by atoms with E-state index in [4.69, 9.17) is 23.2 Å². The lowest BCUT2D eigenvalue weighted by Gasteiger charge is -2.10. The number of carbonyl (C=O) groups is 1. The van der Waals surface area contributed by atoms with E-state index in [2.05, 4.69) is 5.32 Å². The van der Waals surface area contributed by atoms with Crippen LogP contribution < -0.4 is 16.6 Å². The molecule has 0 bridgehead atoms. The summed E-state index contributed by atoms with van der Waals surface area (Å²) in [4.78, 5) is 35.7. The van der Waals surface area contributed by atoms with Crippen LogP contribution in [0.2, 0.25) is 10.0 Å². The van der Waals surface area contributed by atoms with Crippen LogP contribution in [-0.2, 0) is 14.1 Å². The van der Waals surface area contributed by atoms with Gasteiger partial charge in [0.1, 0.15) is 5.56 Å². The lowest BCUT2D eigenvalue weighted by molar-refractivity contribution is 0.102. The van der Waals surface area contributed by atoms with Crippen molar-refractivity contribution >= 4 is 34.8 Å². The highest BCUT2D eigenvalue weighted by atomic mass is 35.5. The van der Waals surface area contributed by atoms with Crippen molar-refractivity contribution in [1.82, 2.24) is 9.13 Å². The standard InChI is InChI=1S/C13H11Cl2N3O3/c1-17-6-7(12(20)18(2)13(17)21)11(19)16-10-8(14)4-3-5-9(10)15/h3-6H,1-2H3,(H,16,19). The van der Waals surface area contributed by atoms with Crippen molar-refractivity contribution in [3.63, 3.8) is 0 Å². The van der Waals surface area contributed by atoms with Crippen LogP contribution in [0.4, 0.5) is 5.69 Å². The van der Waals surface area contributed by atoms with E-state index in [1.807, 2.05) is 0 Å². The molecule has 0 aliphatic rings. The van der Waals surface area contributed by atoms with E-state index < -0.39 is 17.2 Å². The van der Waals surface area contributed by atoms with Gasteiger partial charge in [0.05, 0.1) is 15.7 Å². The Kier molecular flexibility index (Phi) is 4.20. The summed E-state index contributed by atoms with van der Waals surface area (Å²) < 4.78 is 1.99. The lowest BCUT2D eigenvalue weighted by atomic mass is 10.2. The molecule has 0 spiro atoms. The van der Waals surface area contributed by atoms with E-state index in [1.54, 1.807) is 18.2 Å². The zero-order chi connectivity index (χ0) is 15.7. The third-order valence-electron chi connectivity index (χ3n) is 2.89. The second-order valence-corrected chi connectivity index (χ2v) is 5.17. The van der Waals surface area contributed by atoms with Gasteiger partial charge in [0.2, 0.25) is 0 Å². The van der Waals surface area contributed by atoms with Crippen molar-refractivity contribution in [2.75, 3.05) is 5.32 Å². The number of halogens is 2. The van der Waals surface area contributed by atoms with Gasteiger partial charge in [-0.25, -0.2) is 4.79 Å². The van der Waals surface area contributed by atoms with Crippen LogP contribution in [0.15, 0.2) is 34.0 Å². The largest absolute Gasteiger partial charge is 0.330 e. The summed E-state index contributed by atoms with van der Waals surface area (Å²) in [5.74, 6) is -0.693. The Bertz CT molecular complexity index is 819. The monoisotopic (exact) mass is 327 g/mol. The number of hydrogen-bond acceptors (Lipinski definition) is 3. The maximum atomic E-state index is 12.2. The summed E-state index contributed by atoms with van der Waals surface area (Å²) in [7, 11) is 2.74. The number of para-hydroxylation sites is 1. The van der Waals surface area contributed by atoms with Gasteiger partial charge < -0.3 is 9.88 Å². The van der Waals surface area contributed by atoms with Gasteiger partial charge in [-0.15, -0.1) is 0 Å². The number of aryl methyl sites for hydroxylation is 1. The van der Waals surface area contributed by atoms with Crippen molar-refractivity contribution in [3.05, 3.63) is 60.8 Å². The molecular formula is C13H11Cl2N3O3. The molecule has 0 atom stereocenters. The Morgan fingerprint density at radius 2 is 1.71 bits per heavy atom. The minimum absolute atomic E-state index is 0.185. The second kappa shape index (κ2) is 5.75. The highest BCUT2D eigenvalue weighted by Crippen LogP contribution is 2.29. The number of aromatic nitrogens is 2. The topological polar surface area (TPSA) is 73.1 Å². The van der Waals surface area contributed by atoms with Crippen LogP contribution in [0.25, 0.3) is 0 Å². The number of carbonyl (C=O) groups excluding carboxylic acids is 1. The minimum Gasteiger partial charge on any atom is -0.319 e. The van der Waals surface area contributed by atoms with Crippen LogP contribution in [0.3, 0.4) is 0 Å². The van der Waals surface area contributed by atoms with Gasteiger partial charge in [-0.1, -0.05) is 29.3 Å². The fourth-order valence-electron chi connectivity index (χ4n) is 1.76. The Balaban J connectivity index is 2.48. The van der Waals surface area contributed by atoms with Crippen LogP contribution in [0, 0.1) is 0 Å². The first-order valence-electron chi connectivity index (χ1n) is 5.85. The van der Waals surface area contributed by atoms with Crippen molar-refractivity contribution in [2.24, 2.45) is 14.1 Å². The van der Waals surface area contributed by atoms with E-state index in [0.717, 1.165) is 9.13 Å². The molecule has 1 amide bonds. The Morgan fingerprint density at radius 3 is 2.29 bits per heavy atom. The molecule has 0 radical (unpaired) electrons. The summed E-state index contributed by atoms with van der Waals surface area (Å²) in [5.41, 5.74) is -1.19. The molecule has 1 N–H and O–H groups in total. The van der Waals surface area contributed by atoms with Crippen molar-refractivity contribution in [3.8, 4) is 0 Å². The Morgan fingerprint density at radius 1 is 1.14 bits per heavy atom. The molecule has 1 aromatic carbocycles. The molecule has 0 aliphatic carbocycles. The SMILES string of the molecule is Cn1cc(C(=O)Nc2c(Cl)cccc2Cl)c(=O)n(C)c1=O. The first-order valence-corrected chi connectivity index (χ1v) is 6.60. The molecule has 0 aliphatic heterocycles. The maximum absolute atomic E-state index is 12.2. The van der Waals surface area contributed by atoms with Gasteiger partial charge >= 0.3 is 5.69 Å². The molecule has 1 aromatic heterocycles. The quantitative estimate of drug-likeness (QED) is 0.911. The third kappa shape index (κ3) is 2.86. The average Bonchev–Trinajstić information content (AvgIpc) is 2.44. The summed E-state index contributed by atoms with van der Waals surface area (Å²) in [5, 5.41) is 2.97. The number of hydrogen-bond donors (Lipinski definition) is 1. The van der Waals surface area contributed by atoms with Crippen LogP contribution in [-0.4, -0.2) is 15.0 Å². The Hall–Kier alpha value is -2.05. The molecular weight excluding hydrogens is 317 g/mol. The normalized spacial score (nSPS) is 10.5. The average molecular weight is 328 g/mol. The third-order valence-corrected chi connectivity index (χ3v) is 3.52. The molecule has 0 saturated carbocycles. The number of rotatable bonds is 2. The molecule has 8 heteroatoms. The summed E-state index contributed by atoms with van der Waals surface area (Å²) in [6.07, 6.45) is 1.17. The molecule has 2 rings (SSSR count). The first kappa shape index (κ1) is 15.3. The van der Waals surface area contributed by atoms with Crippen molar-refractivity contribution < 1.29 is 4.79 Å². The first-order chi connectivity index (χ1) is 9.82. The van der Waals surface area contributed by atoms with Gasteiger partial charge in [-0.05, 0) is 12.1 Å². The van der Waals surface area contributed by atoms with E-state index in [1.165, 1.54) is 20.3 Å². The molecule has 0 saturated heterocycles. The number of anilines is 1. The Labute approximate surface area is 129 Å². The van der Waals surface area contributed by atoms with Gasteiger partial charge in [0.25, 0.3) is 11.5 Å². The predicted octanol–water partition coefficient (Wildman–Crippen LogP) is 1.64. The van der Waals surface area contributed by atoms with E-state index in [-0.39, 0.29) is 21.3 Å². The lowest BCUT2D eigenvalue weighted by Crippen LogP contribution is -2.40. The molecule has 21 heavy (non-hydrogen) atoms. The number of benzene rings is 1. The van der Waals surface area contributed by atoms with Crippen LogP contribution in [0.5, 0.6) is 0 Å². The second-order valence-electron chi connectivity index (χ2n) is 4.35. The fourth-order valence-corrected chi connectivity index (χ4v) is 2.25. The van der Waals surface area contributed by atoms with E-state index in [0.29, 0.717) is 0 Å². The molecule has 2 aromatic rings. The van der Waals surface area contributed by atoms with E-state index in [9.17, 15) is 14.4 Å². The molecule has 6 nitrogen and oxygen atoms in total. The molecule has 110 valence electrons. The minimum atomic E-state index is -0.696. The summed E-state index contributed by atoms with van der Waals surface area (Å²) >= 11 is 11.9. The molecule has 0 fully saturated rings. The summed E-state index contributed by atoms with van der Waals surface area (Å²) in [6.45, 7) is 0. The van der Waals surface area contributed by atoms with E-state index >= 15 is 0 Å². The number of amides is 1. The van der Waals surface area contributed by atoms with Gasteiger partial charge in [-0.3, -0.25) is 14.2 Å². The zero-order valence-electron chi connectivity index (χ0n) is 11.2. The smallest absolute Gasteiger partial charge is 0.319 e. The fraction of sp³-hybridized carbons (Fsp3) is 0.154. The highest BCUT2D eigenvalue weighted by Gasteiger charge is 2.17. The van der Waals surface area contributed by atoms with Crippen LogP contribution >= 0.6 is 23.2 Å². The number of nitrogens with one attached hydrogen (secondary N) is 1. The van der Waals surface area contributed by atoms with Gasteiger partial charge in [0, 0.05) is 20.3 Å². The maximum Gasteiger partial charge on any atom is 0.330 e. The highest BCUT2D eigenvalue weighted by molar-refractivity contribution is 6.40. The zero-order valence-corrected chi connectivity index (χ0v) is 12.7. The van der Waals surface area contributed by atoms with Crippen molar-refractivity contribution in [1.29, 1.82) is 0 Å². The van der Waals surface area contributed by atoms with Gasteiger partial charge in [0.15, 0.2) is 0 Å².